The molecule has 2 heterocycles. The molecule has 2 N–H and O–H groups in total. The molecular formula is C15H19NO3S. The van der Waals surface area contributed by atoms with E-state index < -0.39 is 0 Å². The van der Waals surface area contributed by atoms with Crippen LogP contribution in [0.2, 0.25) is 0 Å². The Labute approximate surface area is 123 Å². The van der Waals surface area contributed by atoms with Crippen LogP contribution in [-0.4, -0.2) is 37.4 Å². The van der Waals surface area contributed by atoms with Gasteiger partial charge < -0.3 is 15.2 Å². The van der Waals surface area contributed by atoms with Gasteiger partial charge >= 0.3 is 0 Å². The normalized spacial score (nSPS) is 18.1. The van der Waals surface area contributed by atoms with Crippen LogP contribution in [-0.2, 0) is 4.74 Å². The predicted octanol–water partition coefficient (Wildman–Crippen LogP) is 1.64. The van der Waals surface area contributed by atoms with Gasteiger partial charge in [-0.1, -0.05) is 11.8 Å². The van der Waals surface area contributed by atoms with Crippen molar-refractivity contribution < 1.29 is 14.6 Å². The van der Waals surface area contributed by atoms with Crippen molar-refractivity contribution in [3.8, 4) is 11.8 Å². The molecule has 5 heteroatoms. The van der Waals surface area contributed by atoms with Crippen molar-refractivity contribution in [2.24, 2.45) is 5.92 Å². The van der Waals surface area contributed by atoms with E-state index in [1.54, 1.807) is 0 Å². The largest absolute Gasteiger partial charge is 0.395 e. The maximum Gasteiger partial charge on any atom is 0.262 e. The maximum atomic E-state index is 12.1. The van der Waals surface area contributed by atoms with Gasteiger partial charge in [-0.25, -0.2) is 0 Å². The number of amides is 1. The molecule has 1 aromatic heterocycles. The van der Waals surface area contributed by atoms with Crippen molar-refractivity contribution in [3.63, 3.8) is 0 Å². The Hall–Kier alpha value is -1.35. The minimum Gasteiger partial charge on any atom is -0.395 e. The Kier molecular flexibility index (Phi) is 6.06. The zero-order valence-electron chi connectivity index (χ0n) is 11.4. The summed E-state index contributed by atoms with van der Waals surface area (Å²) in [4.78, 5) is 12.8. The number of rotatable bonds is 4. The van der Waals surface area contributed by atoms with Gasteiger partial charge in [0, 0.05) is 25.1 Å². The molecule has 0 saturated carbocycles. The molecule has 0 radical (unpaired) electrons. The third-order valence-electron chi connectivity index (χ3n) is 3.14. The van der Waals surface area contributed by atoms with Crippen molar-refractivity contribution in [1.29, 1.82) is 0 Å². The molecule has 0 aromatic carbocycles. The Morgan fingerprint density at radius 3 is 3.25 bits per heavy atom. The van der Waals surface area contributed by atoms with E-state index in [-0.39, 0.29) is 12.5 Å². The second-order valence-electron chi connectivity index (χ2n) is 4.73. The van der Waals surface area contributed by atoms with Crippen LogP contribution in [0.4, 0.5) is 0 Å². The molecule has 1 unspecified atom stereocenters. The topological polar surface area (TPSA) is 58.6 Å². The number of hydrogen-bond acceptors (Lipinski definition) is 4. The summed E-state index contributed by atoms with van der Waals surface area (Å²) in [7, 11) is 0. The maximum absolute atomic E-state index is 12.1. The Morgan fingerprint density at radius 2 is 2.50 bits per heavy atom. The van der Waals surface area contributed by atoms with Crippen LogP contribution >= 0.6 is 11.3 Å². The van der Waals surface area contributed by atoms with Crippen molar-refractivity contribution in [2.45, 2.75) is 19.3 Å². The minimum absolute atomic E-state index is 0.0420. The zero-order chi connectivity index (χ0) is 14.2. The molecule has 20 heavy (non-hydrogen) atoms. The van der Waals surface area contributed by atoms with Crippen LogP contribution in [0, 0.1) is 17.8 Å². The van der Waals surface area contributed by atoms with Crippen LogP contribution in [0.15, 0.2) is 11.4 Å². The Balaban J connectivity index is 1.89. The SMILES string of the molecule is O=C(NCC1CCCOC1)c1sccc1C#CCCO. The fourth-order valence-corrected chi connectivity index (χ4v) is 2.85. The molecule has 108 valence electrons. The number of hydrogen-bond donors (Lipinski definition) is 2. The summed E-state index contributed by atoms with van der Waals surface area (Å²) in [5, 5.41) is 13.5. The van der Waals surface area contributed by atoms with E-state index in [2.05, 4.69) is 17.2 Å². The van der Waals surface area contributed by atoms with Gasteiger partial charge in [0.2, 0.25) is 0 Å². The first kappa shape index (κ1) is 15.0. The molecule has 0 spiro atoms. The van der Waals surface area contributed by atoms with Gasteiger partial charge in [0.1, 0.15) is 4.88 Å². The number of aliphatic hydroxyl groups is 1. The summed E-state index contributed by atoms with van der Waals surface area (Å²) in [6.45, 7) is 2.26. The fourth-order valence-electron chi connectivity index (χ4n) is 2.08. The predicted molar refractivity (Wildman–Crippen MR) is 78.8 cm³/mol. The average molecular weight is 293 g/mol. The van der Waals surface area contributed by atoms with Gasteiger partial charge in [0.15, 0.2) is 0 Å². The second kappa shape index (κ2) is 8.05. The highest BCUT2D eigenvalue weighted by atomic mass is 32.1. The summed E-state index contributed by atoms with van der Waals surface area (Å²) < 4.78 is 5.40. The van der Waals surface area contributed by atoms with E-state index in [4.69, 9.17) is 9.84 Å². The fraction of sp³-hybridized carbons (Fsp3) is 0.533. The first-order valence-corrected chi connectivity index (χ1v) is 7.72. The van der Waals surface area contributed by atoms with Crippen LogP contribution in [0.3, 0.4) is 0 Å². The molecule has 1 saturated heterocycles. The number of nitrogens with one attached hydrogen (secondary N) is 1. The number of ether oxygens (including phenoxy) is 1. The van der Waals surface area contributed by atoms with Crippen molar-refractivity contribution in [3.05, 3.63) is 21.9 Å². The van der Waals surface area contributed by atoms with Crippen LogP contribution in [0.1, 0.15) is 34.5 Å². The van der Waals surface area contributed by atoms with E-state index >= 15 is 0 Å². The lowest BCUT2D eigenvalue weighted by Crippen LogP contribution is -2.33. The lowest BCUT2D eigenvalue weighted by Gasteiger charge is -2.22. The first-order valence-electron chi connectivity index (χ1n) is 6.84. The zero-order valence-corrected chi connectivity index (χ0v) is 12.2. The van der Waals surface area contributed by atoms with E-state index in [1.165, 1.54) is 11.3 Å². The third kappa shape index (κ3) is 4.34. The number of carbonyl (C=O) groups is 1. The van der Waals surface area contributed by atoms with Crippen LogP contribution in [0.25, 0.3) is 0 Å². The summed E-state index contributed by atoms with van der Waals surface area (Å²) in [5.74, 6) is 6.12. The van der Waals surface area contributed by atoms with E-state index in [9.17, 15) is 4.79 Å². The van der Waals surface area contributed by atoms with Crippen LogP contribution < -0.4 is 5.32 Å². The lowest BCUT2D eigenvalue weighted by atomic mass is 10.0. The van der Waals surface area contributed by atoms with Crippen molar-refractivity contribution in [1.82, 2.24) is 5.32 Å². The molecule has 1 aromatic rings. The molecule has 1 aliphatic rings. The van der Waals surface area contributed by atoms with Gasteiger partial charge in [0.05, 0.1) is 13.2 Å². The Bertz CT molecular complexity index is 495. The van der Waals surface area contributed by atoms with Crippen molar-refractivity contribution in [2.75, 3.05) is 26.4 Å². The van der Waals surface area contributed by atoms with Gasteiger partial charge in [0.25, 0.3) is 5.91 Å². The standard InChI is InChI=1S/C15H19NO3S/c17-7-2-1-5-13-6-9-20-14(13)15(18)16-10-12-4-3-8-19-11-12/h6,9,12,17H,2-4,7-8,10-11H2,(H,16,18). The molecule has 0 aliphatic carbocycles. The van der Waals surface area contributed by atoms with Gasteiger partial charge in [-0.05, 0) is 30.2 Å². The highest BCUT2D eigenvalue weighted by Crippen LogP contribution is 2.17. The number of carbonyl (C=O) groups excluding carboxylic acids is 1. The quantitative estimate of drug-likeness (QED) is 0.830. The smallest absolute Gasteiger partial charge is 0.262 e. The number of aliphatic hydroxyl groups excluding tert-OH is 1. The molecule has 1 amide bonds. The highest BCUT2D eigenvalue weighted by molar-refractivity contribution is 7.12. The van der Waals surface area contributed by atoms with Crippen LogP contribution in [0.5, 0.6) is 0 Å². The molecule has 1 fully saturated rings. The van der Waals surface area contributed by atoms with E-state index in [0.29, 0.717) is 23.8 Å². The van der Waals surface area contributed by atoms with Gasteiger partial charge in [-0.2, -0.15) is 0 Å². The first-order chi connectivity index (χ1) is 9.81. The molecule has 1 atom stereocenters. The van der Waals surface area contributed by atoms with E-state index in [0.717, 1.165) is 31.6 Å². The average Bonchev–Trinajstić information content (AvgIpc) is 2.95. The van der Waals surface area contributed by atoms with Crippen molar-refractivity contribution >= 4 is 17.2 Å². The summed E-state index contributed by atoms with van der Waals surface area (Å²) >= 11 is 1.39. The molecule has 1 aliphatic heterocycles. The summed E-state index contributed by atoms with van der Waals surface area (Å²) in [6, 6.07) is 1.84. The molecular weight excluding hydrogens is 274 g/mol. The van der Waals surface area contributed by atoms with E-state index in [1.807, 2.05) is 11.4 Å². The molecule has 0 bridgehead atoms. The Morgan fingerprint density at radius 1 is 1.60 bits per heavy atom. The van der Waals surface area contributed by atoms with Gasteiger partial charge in [-0.15, -0.1) is 11.3 Å². The summed E-state index contributed by atoms with van der Waals surface area (Å²) in [6.07, 6.45) is 2.60. The lowest BCUT2D eigenvalue weighted by molar-refractivity contribution is 0.0536. The third-order valence-corrected chi connectivity index (χ3v) is 4.05. The monoisotopic (exact) mass is 293 g/mol. The molecule has 4 nitrogen and oxygen atoms in total. The second-order valence-corrected chi connectivity index (χ2v) is 5.65. The summed E-state index contributed by atoms with van der Waals surface area (Å²) in [5.41, 5.74) is 0.737. The number of thiophene rings is 1. The van der Waals surface area contributed by atoms with Gasteiger partial charge in [-0.3, -0.25) is 4.79 Å². The molecule has 2 rings (SSSR count). The highest BCUT2D eigenvalue weighted by Gasteiger charge is 2.17. The minimum atomic E-state index is -0.0705.